The van der Waals surface area contributed by atoms with Gasteiger partial charge in [0.15, 0.2) is 0 Å². The topological polar surface area (TPSA) is 30.5 Å². The molecule has 1 aromatic carbocycles. The minimum absolute atomic E-state index is 0.150. The van der Waals surface area contributed by atoms with Crippen LogP contribution in [0.2, 0.25) is 0 Å². The van der Waals surface area contributed by atoms with Gasteiger partial charge in [-0.2, -0.15) is 0 Å². The van der Waals surface area contributed by atoms with E-state index in [1.165, 1.54) is 12.1 Å². The highest BCUT2D eigenvalue weighted by molar-refractivity contribution is 5.33. The Balaban J connectivity index is 1.89. The van der Waals surface area contributed by atoms with E-state index >= 15 is 0 Å². The fourth-order valence-corrected chi connectivity index (χ4v) is 2.31. The van der Waals surface area contributed by atoms with Crippen LogP contribution in [0.4, 0.5) is 13.2 Å². The van der Waals surface area contributed by atoms with E-state index in [0.717, 1.165) is 19.6 Å². The van der Waals surface area contributed by atoms with Gasteiger partial charge in [-0.3, -0.25) is 0 Å². The molecule has 1 aliphatic heterocycles. The molecule has 2 atom stereocenters. The SMILES string of the molecule is CC1OCCC1CNCc1ccccc1OC(F)(F)F. The lowest BCUT2D eigenvalue weighted by Gasteiger charge is -2.16. The standard InChI is InChI=1S/C14H18F3NO2/c1-10-11(6-7-19-10)8-18-9-12-4-2-3-5-13(12)20-14(15,16)17/h2-5,10-11,18H,6-9H2,1H3. The molecule has 0 radical (unpaired) electrons. The van der Waals surface area contributed by atoms with Gasteiger partial charge >= 0.3 is 6.36 Å². The van der Waals surface area contributed by atoms with Gasteiger partial charge in [-0.1, -0.05) is 18.2 Å². The van der Waals surface area contributed by atoms with E-state index in [0.29, 0.717) is 18.0 Å². The van der Waals surface area contributed by atoms with Crippen LogP contribution in [0.5, 0.6) is 5.75 Å². The second-order valence-corrected chi connectivity index (χ2v) is 4.91. The van der Waals surface area contributed by atoms with Crippen LogP contribution >= 0.6 is 0 Å². The van der Waals surface area contributed by atoms with Crippen molar-refractivity contribution in [3.05, 3.63) is 29.8 Å². The third-order valence-electron chi connectivity index (χ3n) is 3.45. The normalized spacial score (nSPS) is 23.0. The molecule has 20 heavy (non-hydrogen) atoms. The van der Waals surface area contributed by atoms with Crippen LogP contribution in [0.25, 0.3) is 0 Å². The first-order valence-electron chi connectivity index (χ1n) is 6.61. The summed E-state index contributed by atoms with van der Waals surface area (Å²) in [6, 6.07) is 6.17. The van der Waals surface area contributed by atoms with Gasteiger partial charge in [-0.15, -0.1) is 13.2 Å². The van der Waals surface area contributed by atoms with Crippen molar-refractivity contribution in [1.29, 1.82) is 0 Å². The van der Waals surface area contributed by atoms with Crippen LogP contribution in [0.15, 0.2) is 24.3 Å². The Bertz CT molecular complexity index is 437. The van der Waals surface area contributed by atoms with Crippen LogP contribution in [0, 0.1) is 5.92 Å². The molecule has 0 amide bonds. The first-order valence-corrected chi connectivity index (χ1v) is 6.61. The molecule has 1 aliphatic rings. The molecule has 2 unspecified atom stereocenters. The Morgan fingerprint density at radius 2 is 2.10 bits per heavy atom. The quantitative estimate of drug-likeness (QED) is 0.903. The number of hydrogen-bond acceptors (Lipinski definition) is 3. The molecule has 2 rings (SSSR count). The zero-order chi connectivity index (χ0) is 14.6. The zero-order valence-corrected chi connectivity index (χ0v) is 11.2. The Kier molecular flexibility index (Phi) is 4.88. The maximum absolute atomic E-state index is 12.3. The number of alkyl halides is 3. The molecule has 1 aromatic rings. The number of benzene rings is 1. The van der Waals surface area contributed by atoms with Crippen LogP contribution in [0.3, 0.4) is 0 Å². The number of nitrogens with one attached hydrogen (secondary N) is 1. The van der Waals surface area contributed by atoms with Gasteiger partial charge in [-0.05, 0) is 25.3 Å². The van der Waals surface area contributed by atoms with Crippen molar-refractivity contribution in [2.45, 2.75) is 32.4 Å². The summed E-state index contributed by atoms with van der Waals surface area (Å²) in [7, 11) is 0. The van der Waals surface area contributed by atoms with E-state index in [9.17, 15) is 13.2 Å². The first kappa shape index (κ1) is 15.1. The van der Waals surface area contributed by atoms with Crippen molar-refractivity contribution in [1.82, 2.24) is 5.32 Å². The second-order valence-electron chi connectivity index (χ2n) is 4.91. The molecule has 1 saturated heterocycles. The van der Waals surface area contributed by atoms with Gasteiger partial charge in [0.25, 0.3) is 0 Å². The van der Waals surface area contributed by atoms with Crippen LogP contribution in [-0.2, 0) is 11.3 Å². The number of hydrogen-bond donors (Lipinski definition) is 1. The van der Waals surface area contributed by atoms with Crippen LogP contribution < -0.4 is 10.1 Å². The van der Waals surface area contributed by atoms with Crippen molar-refractivity contribution in [2.75, 3.05) is 13.2 Å². The Hall–Kier alpha value is -1.27. The maximum atomic E-state index is 12.3. The zero-order valence-electron chi connectivity index (χ0n) is 11.2. The van der Waals surface area contributed by atoms with E-state index in [1.54, 1.807) is 12.1 Å². The molecule has 0 aliphatic carbocycles. The van der Waals surface area contributed by atoms with Crippen molar-refractivity contribution < 1.29 is 22.6 Å². The van der Waals surface area contributed by atoms with Gasteiger partial charge in [0.1, 0.15) is 5.75 Å². The molecule has 1 heterocycles. The molecule has 1 fully saturated rings. The fourth-order valence-electron chi connectivity index (χ4n) is 2.31. The van der Waals surface area contributed by atoms with Crippen molar-refractivity contribution in [3.63, 3.8) is 0 Å². The Labute approximate surface area is 116 Å². The molecule has 0 spiro atoms. The van der Waals surface area contributed by atoms with E-state index in [4.69, 9.17) is 4.74 Å². The molecule has 0 saturated carbocycles. The summed E-state index contributed by atoms with van der Waals surface area (Å²) in [4.78, 5) is 0. The highest BCUT2D eigenvalue weighted by atomic mass is 19.4. The molecule has 6 heteroatoms. The van der Waals surface area contributed by atoms with E-state index in [-0.39, 0.29) is 11.9 Å². The average molecular weight is 289 g/mol. The molecule has 112 valence electrons. The van der Waals surface area contributed by atoms with Crippen molar-refractivity contribution in [2.24, 2.45) is 5.92 Å². The number of ether oxygens (including phenoxy) is 2. The summed E-state index contributed by atoms with van der Waals surface area (Å²) in [6.45, 7) is 3.83. The van der Waals surface area contributed by atoms with E-state index in [2.05, 4.69) is 10.1 Å². The lowest BCUT2D eigenvalue weighted by molar-refractivity contribution is -0.274. The summed E-state index contributed by atoms with van der Waals surface area (Å²) >= 11 is 0. The van der Waals surface area contributed by atoms with Gasteiger partial charge in [0, 0.05) is 25.3 Å². The molecular formula is C14H18F3NO2. The Morgan fingerprint density at radius 3 is 2.75 bits per heavy atom. The van der Waals surface area contributed by atoms with Gasteiger partial charge in [0.2, 0.25) is 0 Å². The van der Waals surface area contributed by atoms with Crippen molar-refractivity contribution >= 4 is 0 Å². The number of para-hydroxylation sites is 1. The predicted molar refractivity (Wildman–Crippen MR) is 68.4 cm³/mol. The average Bonchev–Trinajstić information content (AvgIpc) is 2.75. The Morgan fingerprint density at radius 1 is 1.35 bits per heavy atom. The lowest BCUT2D eigenvalue weighted by Crippen LogP contribution is -2.27. The molecule has 3 nitrogen and oxygen atoms in total. The summed E-state index contributed by atoms with van der Waals surface area (Å²) in [5.74, 6) is 0.258. The van der Waals surface area contributed by atoms with Gasteiger partial charge < -0.3 is 14.8 Å². The fraction of sp³-hybridized carbons (Fsp3) is 0.571. The summed E-state index contributed by atoms with van der Waals surface area (Å²) in [5, 5.41) is 3.17. The van der Waals surface area contributed by atoms with E-state index in [1.807, 2.05) is 6.92 Å². The summed E-state index contributed by atoms with van der Waals surface area (Å²) in [5.41, 5.74) is 0.497. The predicted octanol–water partition coefficient (Wildman–Crippen LogP) is 3.10. The highest BCUT2D eigenvalue weighted by Gasteiger charge is 2.32. The summed E-state index contributed by atoms with van der Waals surface area (Å²) in [6.07, 6.45) is -3.48. The largest absolute Gasteiger partial charge is 0.573 e. The van der Waals surface area contributed by atoms with Crippen LogP contribution in [-0.4, -0.2) is 25.6 Å². The maximum Gasteiger partial charge on any atom is 0.573 e. The summed E-state index contributed by atoms with van der Waals surface area (Å²) < 4.78 is 46.3. The first-order chi connectivity index (χ1) is 9.46. The third-order valence-corrected chi connectivity index (χ3v) is 3.45. The number of rotatable bonds is 5. The highest BCUT2D eigenvalue weighted by Crippen LogP contribution is 2.26. The minimum atomic E-state index is -4.66. The molecule has 0 aromatic heterocycles. The molecule has 1 N–H and O–H groups in total. The molecular weight excluding hydrogens is 271 g/mol. The second kappa shape index (κ2) is 6.45. The van der Waals surface area contributed by atoms with Gasteiger partial charge in [0.05, 0.1) is 6.10 Å². The van der Waals surface area contributed by atoms with Gasteiger partial charge in [-0.25, -0.2) is 0 Å². The third kappa shape index (κ3) is 4.38. The van der Waals surface area contributed by atoms with Crippen molar-refractivity contribution in [3.8, 4) is 5.75 Å². The molecule has 0 bridgehead atoms. The monoisotopic (exact) mass is 289 g/mol. The number of halogens is 3. The van der Waals surface area contributed by atoms with Crippen LogP contribution in [0.1, 0.15) is 18.9 Å². The van der Waals surface area contributed by atoms with E-state index < -0.39 is 6.36 Å². The lowest BCUT2D eigenvalue weighted by atomic mass is 10.0. The smallest absolute Gasteiger partial charge is 0.405 e. The minimum Gasteiger partial charge on any atom is -0.405 e.